The first-order valence-corrected chi connectivity index (χ1v) is 9.06. The molecule has 0 bridgehead atoms. The molecule has 1 aromatic carbocycles. The van der Waals surface area contributed by atoms with Crippen molar-refractivity contribution in [2.75, 3.05) is 19.8 Å². The van der Waals surface area contributed by atoms with Gasteiger partial charge in [-0.2, -0.15) is 0 Å². The number of hydrogen-bond acceptors (Lipinski definition) is 4. The molecule has 0 heterocycles. The molecule has 0 atom stereocenters. The van der Waals surface area contributed by atoms with Gasteiger partial charge in [-0.25, -0.2) is 0 Å². The Morgan fingerprint density at radius 1 is 0.958 bits per heavy atom. The minimum Gasteiger partial charge on any atom is -0.375 e. The molecule has 0 N–H and O–H groups in total. The van der Waals surface area contributed by atoms with E-state index >= 15 is 0 Å². The molecule has 0 aliphatic heterocycles. The van der Waals surface area contributed by atoms with Crippen molar-refractivity contribution in [3.8, 4) is 12.3 Å². The Labute approximate surface area is 151 Å². The van der Waals surface area contributed by atoms with Crippen molar-refractivity contribution in [3.05, 3.63) is 29.8 Å². The van der Waals surface area contributed by atoms with Gasteiger partial charge in [0.1, 0.15) is 6.61 Å². The summed E-state index contributed by atoms with van der Waals surface area (Å²) in [6.07, 6.45) is 6.86. The minimum absolute atomic E-state index is 0.226. The monoisotopic (exact) mass is 350 g/mol. The SMILES string of the molecule is C#CCOC(C)(C)CCOC(C)(C)CCOSc1ccc(C)cc1. The van der Waals surface area contributed by atoms with E-state index in [4.69, 9.17) is 20.1 Å². The zero-order valence-electron chi connectivity index (χ0n) is 15.6. The van der Waals surface area contributed by atoms with Gasteiger partial charge in [-0.1, -0.05) is 23.6 Å². The molecule has 0 amide bonds. The quantitative estimate of drug-likeness (QED) is 0.318. The Hall–Kier alpha value is -0.990. The predicted octanol–water partition coefficient (Wildman–Crippen LogP) is 5.02. The van der Waals surface area contributed by atoms with Crippen LogP contribution >= 0.6 is 12.0 Å². The zero-order chi connectivity index (χ0) is 18.1. The lowest BCUT2D eigenvalue weighted by Gasteiger charge is -2.29. The maximum atomic E-state index is 5.99. The normalized spacial score (nSPS) is 12.2. The molecular weight excluding hydrogens is 320 g/mol. The summed E-state index contributed by atoms with van der Waals surface area (Å²) in [6.45, 7) is 11.9. The molecule has 134 valence electrons. The Morgan fingerprint density at radius 3 is 2.17 bits per heavy atom. The zero-order valence-corrected chi connectivity index (χ0v) is 16.4. The molecule has 0 aliphatic carbocycles. The van der Waals surface area contributed by atoms with Crippen molar-refractivity contribution < 1.29 is 13.7 Å². The van der Waals surface area contributed by atoms with Crippen LogP contribution in [-0.2, 0) is 13.7 Å². The van der Waals surface area contributed by atoms with Crippen LogP contribution in [0.5, 0.6) is 0 Å². The van der Waals surface area contributed by atoms with Crippen LogP contribution < -0.4 is 0 Å². The van der Waals surface area contributed by atoms with Gasteiger partial charge < -0.3 is 13.7 Å². The number of rotatable bonds is 11. The highest BCUT2D eigenvalue weighted by Crippen LogP contribution is 2.23. The lowest BCUT2D eigenvalue weighted by Crippen LogP contribution is -2.31. The first kappa shape index (κ1) is 21.1. The van der Waals surface area contributed by atoms with Gasteiger partial charge in [0, 0.05) is 23.4 Å². The Bertz CT molecular complexity index is 515. The van der Waals surface area contributed by atoms with E-state index in [0.29, 0.717) is 19.8 Å². The highest BCUT2D eigenvalue weighted by molar-refractivity contribution is 7.94. The molecule has 4 heteroatoms. The van der Waals surface area contributed by atoms with Gasteiger partial charge in [0.05, 0.1) is 24.4 Å². The van der Waals surface area contributed by atoms with Gasteiger partial charge in [0.25, 0.3) is 0 Å². The Morgan fingerprint density at radius 2 is 1.54 bits per heavy atom. The predicted molar refractivity (Wildman–Crippen MR) is 101 cm³/mol. The first-order valence-electron chi connectivity index (χ1n) is 8.32. The second-order valence-electron chi connectivity index (χ2n) is 7.08. The molecule has 0 aromatic heterocycles. The third kappa shape index (κ3) is 9.34. The molecule has 0 unspecified atom stereocenters. The van der Waals surface area contributed by atoms with Crippen LogP contribution in [0.3, 0.4) is 0 Å². The molecule has 24 heavy (non-hydrogen) atoms. The minimum atomic E-state index is -0.264. The molecule has 0 aliphatic rings. The van der Waals surface area contributed by atoms with Crippen molar-refractivity contribution in [2.45, 2.75) is 63.6 Å². The smallest absolute Gasteiger partial charge is 0.108 e. The molecule has 0 radical (unpaired) electrons. The van der Waals surface area contributed by atoms with Gasteiger partial charge in [-0.15, -0.1) is 6.42 Å². The fraction of sp³-hybridized carbons (Fsp3) is 0.600. The number of terminal acetylenes is 1. The molecule has 1 rings (SSSR count). The molecule has 0 fully saturated rings. The van der Waals surface area contributed by atoms with Crippen molar-refractivity contribution in [1.29, 1.82) is 0 Å². The summed E-state index contributed by atoms with van der Waals surface area (Å²) in [4.78, 5) is 1.12. The molecule has 0 saturated carbocycles. The fourth-order valence-electron chi connectivity index (χ4n) is 1.95. The van der Waals surface area contributed by atoms with E-state index in [9.17, 15) is 0 Å². The molecule has 3 nitrogen and oxygen atoms in total. The molecule has 0 spiro atoms. The fourth-order valence-corrected chi connectivity index (χ4v) is 2.50. The number of benzene rings is 1. The molecule has 0 saturated heterocycles. The van der Waals surface area contributed by atoms with Crippen molar-refractivity contribution >= 4 is 12.0 Å². The molecule has 1 aromatic rings. The summed E-state index contributed by atoms with van der Waals surface area (Å²) in [7, 11) is 0. The summed E-state index contributed by atoms with van der Waals surface area (Å²) in [6, 6.07) is 8.31. The van der Waals surface area contributed by atoms with E-state index in [-0.39, 0.29) is 11.2 Å². The van der Waals surface area contributed by atoms with Crippen LogP contribution in [0.15, 0.2) is 29.2 Å². The van der Waals surface area contributed by atoms with Gasteiger partial charge in [0.2, 0.25) is 0 Å². The van der Waals surface area contributed by atoms with E-state index < -0.39 is 0 Å². The van der Waals surface area contributed by atoms with Crippen molar-refractivity contribution in [2.24, 2.45) is 0 Å². The van der Waals surface area contributed by atoms with E-state index in [1.54, 1.807) is 0 Å². The van der Waals surface area contributed by atoms with Crippen LogP contribution in [0.4, 0.5) is 0 Å². The maximum Gasteiger partial charge on any atom is 0.108 e. The Balaban J connectivity index is 2.21. The largest absolute Gasteiger partial charge is 0.375 e. The maximum absolute atomic E-state index is 5.99. The average molecular weight is 351 g/mol. The summed E-state index contributed by atoms with van der Waals surface area (Å²) >= 11 is 1.41. The van der Waals surface area contributed by atoms with Gasteiger partial charge in [0.15, 0.2) is 0 Å². The highest BCUT2D eigenvalue weighted by atomic mass is 32.2. The second kappa shape index (κ2) is 10.1. The lowest BCUT2D eigenvalue weighted by molar-refractivity contribution is -0.0698. The average Bonchev–Trinajstić information content (AvgIpc) is 2.51. The van der Waals surface area contributed by atoms with Crippen LogP contribution in [0.25, 0.3) is 0 Å². The van der Waals surface area contributed by atoms with Crippen molar-refractivity contribution in [3.63, 3.8) is 0 Å². The van der Waals surface area contributed by atoms with E-state index in [1.165, 1.54) is 17.6 Å². The van der Waals surface area contributed by atoms with Crippen LogP contribution in [0.1, 0.15) is 46.1 Å². The third-order valence-corrected chi connectivity index (χ3v) is 4.46. The number of hydrogen-bond donors (Lipinski definition) is 0. The van der Waals surface area contributed by atoms with Crippen LogP contribution in [-0.4, -0.2) is 31.0 Å². The summed E-state index contributed by atoms with van der Waals surface area (Å²) in [5, 5.41) is 0. The van der Waals surface area contributed by atoms with Gasteiger partial charge in [-0.3, -0.25) is 0 Å². The molecular formula is C20H30O3S. The van der Waals surface area contributed by atoms with Crippen molar-refractivity contribution in [1.82, 2.24) is 0 Å². The standard InChI is InChI=1S/C20H30O3S/c1-7-14-21-19(3,4)12-15-22-20(5,6)13-16-23-24-18-10-8-17(2)9-11-18/h1,8-11H,12-16H2,2-6H3. The first-order chi connectivity index (χ1) is 11.2. The summed E-state index contributed by atoms with van der Waals surface area (Å²) < 4.78 is 17.3. The summed E-state index contributed by atoms with van der Waals surface area (Å²) in [5.74, 6) is 2.50. The highest BCUT2D eigenvalue weighted by Gasteiger charge is 2.22. The van der Waals surface area contributed by atoms with Gasteiger partial charge >= 0.3 is 0 Å². The summed E-state index contributed by atoms with van der Waals surface area (Å²) in [5.41, 5.74) is 0.763. The number of aryl methyl sites for hydroxylation is 1. The van der Waals surface area contributed by atoms with E-state index in [2.05, 4.69) is 51.0 Å². The van der Waals surface area contributed by atoms with Crippen LogP contribution in [0, 0.1) is 19.3 Å². The van der Waals surface area contributed by atoms with Gasteiger partial charge in [-0.05, 0) is 53.2 Å². The van der Waals surface area contributed by atoms with E-state index in [0.717, 1.165) is 17.7 Å². The lowest BCUT2D eigenvalue weighted by atomic mass is 10.0. The van der Waals surface area contributed by atoms with E-state index in [1.807, 2.05) is 13.8 Å². The second-order valence-corrected chi connectivity index (χ2v) is 7.95. The third-order valence-electron chi connectivity index (χ3n) is 3.71. The number of ether oxygens (including phenoxy) is 2. The van der Waals surface area contributed by atoms with Crippen LogP contribution in [0.2, 0.25) is 0 Å². The Kier molecular flexibility index (Phi) is 8.86. The topological polar surface area (TPSA) is 27.7 Å².